The summed E-state index contributed by atoms with van der Waals surface area (Å²) < 4.78 is 17.4. The van der Waals surface area contributed by atoms with Gasteiger partial charge >= 0.3 is 33.3 Å². The third-order valence-electron chi connectivity index (χ3n) is 9.25. The van der Waals surface area contributed by atoms with E-state index in [4.69, 9.17) is 14.0 Å². The van der Waals surface area contributed by atoms with Gasteiger partial charge in [0.1, 0.15) is 0 Å². The molecule has 0 bridgehead atoms. The average Bonchev–Trinajstić information content (AvgIpc) is 3.19. The molecule has 58 heavy (non-hydrogen) atoms. The maximum Gasteiger partial charge on any atom is 1.00 e. The van der Waals surface area contributed by atoms with Crippen molar-refractivity contribution in [1.29, 1.82) is 0 Å². The molecule has 8 aromatic rings. The van der Waals surface area contributed by atoms with Gasteiger partial charge in [-0.2, -0.15) is 6.42 Å². The first-order valence-corrected chi connectivity index (χ1v) is 20.6. The van der Waals surface area contributed by atoms with Crippen molar-refractivity contribution < 1.29 is 42.9 Å². The molecular weight excluding hydrogens is 777 g/mol. The molecule has 0 saturated carbocycles. The predicted molar refractivity (Wildman–Crippen MR) is 250 cm³/mol. The number of hydrogen-bond donors (Lipinski definition) is 2. The first-order valence-electron chi connectivity index (χ1n) is 19.9. The van der Waals surface area contributed by atoms with E-state index in [9.17, 15) is 10.0 Å². The Balaban J connectivity index is 0.000000187. The van der Waals surface area contributed by atoms with Crippen molar-refractivity contribution in [2.75, 3.05) is 0 Å². The summed E-state index contributed by atoms with van der Waals surface area (Å²) >= 11 is 3.63. The molecule has 0 saturated heterocycles. The topological polar surface area (TPSA) is 68.2 Å². The van der Waals surface area contributed by atoms with E-state index >= 15 is 0 Å². The van der Waals surface area contributed by atoms with Crippen molar-refractivity contribution in [3.63, 3.8) is 0 Å². The van der Waals surface area contributed by atoms with E-state index in [0.717, 1.165) is 32.4 Å². The molecular formula is C49H54B2BrLiO5. The molecule has 0 aliphatic rings. The van der Waals surface area contributed by atoms with Gasteiger partial charge in [-0.15, -0.1) is 0 Å². The third-order valence-corrected chi connectivity index (χ3v) is 9.94. The van der Waals surface area contributed by atoms with Crippen LogP contribution in [0.5, 0.6) is 0 Å². The van der Waals surface area contributed by atoms with Crippen LogP contribution in [-0.2, 0) is 14.0 Å². The van der Waals surface area contributed by atoms with Crippen molar-refractivity contribution in [2.24, 2.45) is 0 Å². The summed E-state index contributed by atoms with van der Waals surface area (Å²) in [6.07, 6.45) is 2.62. The second-order valence-electron chi connectivity index (χ2n) is 14.8. The van der Waals surface area contributed by atoms with Gasteiger partial charge in [-0.1, -0.05) is 132 Å². The van der Waals surface area contributed by atoms with E-state index in [2.05, 4.69) is 121 Å². The Bertz CT molecular complexity index is 2520. The average molecular weight is 831 g/mol. The monoisotopic (exact) mass is 830 g/mol. The van der Waals surface area contributed by atoms with Gasteiger partial charge in [-0.05, 0) is 142 Å². The molecule has 0 amide bonds. The van der Waals surface area contributed by atoms with E-state index < -0.39 is 14.4 Å². The maximum absolute atomic E-state index is 9.52. The Morgan fingerprint density at radius 3 is 1.31 bits per heavy atom. The summed E-state index contributed by atoms with van der Waals surface area (Å²) in [4.78, 5) is 0. The number of unbranched alkanes of at least 4 members (excludes halogenated alkanes) is 1. The molecule has 294 valence electrons. The van der Waals surface area contributed by atoms with Crippen LogP contribution in [0.3, 0.4) is 0 Å². The van der Waals surface area contributed by atoms with Crippen molar-refractivity contribution in [3.8, 4) is 0 Å². The SMILES string of the molecule is Brc1cccc2c1ccc1cc3ccccc3cc12.CC(C)OB(OC(C)C)OC(C)C.OB(O)c1cccc2c1ccc1cc3ccccc3cc12.[CH2-]CCC.[Li+]. The summed E-state index contributed by atoms with van der Waals surface area (Å²) in [5.74, 6) is 0. The predicted octanol–water partition coefficient (Wildman–Crippen LogP) is 9.61. The van der Waals surface area contributed by atoms with Gasteiger partial charge in [-0.3, -0.25) is 0 Å². The van der Waals surface area contributed by atoms with E-state index in [1.165, 1.54) is 49.5 Å². The normalized spacial score (nSPS) is 11.0. The van der Waals surface area contributed by atoms with E-state index in [1.807, 2.05) is 77.9 Å². The summed E-state index contributed by atoms with van der Waals surface area (Å²) in [6, 6.07) is 46.1. The van der Waals surface area contributed by atoms with Crippen LogP contribution in [0.1, 0.15) is 61.3 Å². The number of rotatable bonds is 8. The van der Waals surface area contributed by atoms with Crippen LogP contribution in [0.15, 0.2) is 138 Å². The van der Waals surface area contributed by atoms with Crippen LogP contribution in [0.2, 0.25) is 0 Å². The van der Waals surface area contributed by atoms with Crippen LogP contribution in [0, 0.1) is 6.92 Å². The molecule has 9 heteroatoms. The van der Waals surface area contributed by atoms with Crippen LogP contribution in [0.25, 0.3) is 64.6 Å². The smallest absolute Gasteiger partial charge is 0.423 e. The van der Waals surface area contributed by atoms with Gasteiger partial charge in [0.2, 0.25) is 0 Å². The fraction of sp³-hybridized carbons (Fsp3) is 0.245. The number of fused-ring (bicyclic) bond motifs is 8. The van der Waals surface area contributed by atoms with Gasteiger partial charge in [0.05, 0.1) is 0 Å². The van der Waals surface area contributed by atoms with Crippen molar-refractivity contribution >= 4 is 100 Å². The molecule has 0 heterocycles. The Labute approximate surface area is 365 Å². The van der Waals surface area contributed by atoms with Crippen molar-refractivity contribution in [1.82, 2.24) is 0 Å². The van der Waals surface area contributed by atoms with Crippen LogP contribution in [-0.4, -0.2) is 42.8 Å². The standard InChI is InChI=1S/C18H13BO2.C18H11Br.C9H21BO3.C4H9.Li/c20-19(21)18-7-3-6-15-16(18)9-8-14-10-12-4-1-2-5-13(12)11-17(14)15;19-18-7-3-6-15-16(18)9-8-14-10-12-4-1-2-5-13(12)11-17(14)15;1-7(2)11-10(12-8(3)4)13-9(5)6;1-3-4-2;/h1-11,20-21H;1-11H;7-9H,1-6H3;1,3-4H2,2H3;/q;;;-1;+1. The van der Waals surface area contributed by atoms with Crippen LogP contribution >= 0.6 is 15.9 Å². The molecule has 5 nitrogen and oxygen atoms in total. The van der Waals surface area contributed by atoms with Crippen LogP contribution in [0.4, 0.5) is 0 Å². The van der Waals surface area contributed by atoms with E-state index in [1.54, 1.807) is 6.07 Å². The molecule has 0 spiro atoms. The van der Waals surface area contributed by atoms with Gasteiger partial charge in [-0.25, -0.2) is 0 Å². The minimum Gasteiger partial charge on any atom is -0.423 e. The van der Waals surface area contributed by atoms with Gasteiger partial charge in [0.15, 0.2) is 0 Å². The summed E-state index contributed by atoms with van der Waals surface area (Å²) in [5, 5.41) is 33.4. The Morgan fingerprint density at radius 1 is 0.500 bits per heavy atom. The Morgan fingerprint density at radius 2 is 0.897 bits per heavy atom. The Kier molecular flexibility index (Phi) is 18.3. The second-order valence-corrected chi connectivity index (χ2v) is 15.7. The number of benzene rings is 8. The van der Waals surface area contributed by atoms with Gasteiger partial charge < -0.3 is 30.9 Å². The summed E-state index contributed by atoms with van der Waals surface area (Å²) in [7, 11) is -1.99. The zero-order valence-corrected chi connectivity index (χ0v) is 36.8. The minimum absolute atomic E-state index is 0. The Hall–Kier alpha value is -3.67. The zero-order chi connectivity index (χ0) is 41.1. The molecule has 0 fully saturated rings. The third kappa shape index (κ3) is 12.4. The summed E-state index contributed by atoms with van der Waals surface area (Å²) in [5.41, 5.74) is 0.544. The zero-order valence-electron chi connectivity index (χ0n) is 35.2. The second kappa shape index (κ2) is 22.6. The molecule has 0 atom stereocenters. The fourth-order valence-corrected chi connectivity index (χ4v) is 7.04. The number of hydrogen-bond acceptors (Lipinski definition) is 5. The largest absolute Gasteiger partial charge is 1.00 e. The summed E-state index contributed by atoms with van der Waals surface area (Å²) in [6.45, 7) is 17.5. The molecule has 0 aliphatic carbocycles. The molecule has 8 aromatic carbocycles. The van der Waals surface area contributed by atoms with Crippen molar-refractivity contribution in [2.45, 2.75) is 79.6 Å². The molecule has 0 unspecified atom stereocenters. The first-order chi connectivity index (χ1) is 27.4. The van der Waals surface area contributed by atoms with Crippen molar-refractivity contribution in [3.05, 3.63) is 145 Å². The first kappa shape index (κ1) is 47.0. The van der Waals surface area contributed by atoms with E-state index in [0.29, 0.717) is 5.46 Å². The fourth-order valence-electron chi connectivity index (χ4n) is 6.54. The maximum atomic E-state index is 9.52. The van der Waals surface area contributed by atoms with Gasteiger partial charge in [0.25, 0.3) is 0 Å². The van der Waals surface area contributed by atoms with Gasteiger partial charge in [0, 0.05) is 22.8 Å². The minimum atomic E-state index is -1.45. The van der Waals surface area contributed by atoms with Crippen LogP contribution < -0.4 is 24.3 Å². The molecule has 2 N–H and O–H groups in total. The molecule has 0 aromatic heterocycles. The molecule has 8 rings (SSSR count). The quantitative estimate of drug-likeness (QED) is 0.0692. The molecule has 0 radical (unpaired) electrons. The van der Waals surface area contributed by atoms with E-state index in [-0.39, 0.29) is 37.2 Å². The number of halogens is 1. The molecule has 0 aliphatic heterocycles.